The second-order valence-electron chi connectivity index (χ2n) is 8.71. The molecule has 6 rings (SSSR count). The SMILES string of the molecule is O=C([C@@H]1C=C2c3cccc4[nH]cc(c34)C[C@H]2N(C(=O)Nc2cc[nH]c2)C1)N1CCCC1. The molecule has 1 aliphatic carbocycles. The Hall–Kier alpha value is -3.48. The Kier molecular flexibility index (Phi) is 4.16. The molecular formula is C24H25N5O2. The second-order valence-corrected chi connectivity index (χ2v) is 8.71. The number of fused-ring (bicyclic) bond motifs is 2. The molecule has 7 heteroatoms. The third-order valence-corrected chi connectivity index (χ3v) is 6.87. The van der Waals surface area contributed by atoms with Crippen molar-refractivity contribution in [3.05, 3.63) is 60.1 Å². The summed E-state index contributed by atoms with van der Waals surface area (Å²) in [7, 11) is 0. The summed E-state index contributed by atoms with van der Waals surface area (Å²) in [6.07, 6.45) is 10.6. The first-order chi connectivity index (χ1) is 15.2. The number of urea groups is 1. The fraction of sp³-hybridized carbons (Fsp3) is 0.333. The molecule has 7 nitrogen and oxygen atoms in total. The highest BCUT2D eigenvalue weighted by Crippen LogP contribution is 2.41. The molecule has 2 aliphatic heterocycles. The van der Waals surface area contributed by atoms with Gasteiger partial charge < -0.3 is 25.1 Å². The number of nitrogens with zero attached hydrogens (tertiary/aromatic N) is 2. The summed E-state index contributed by atoms with van der Waals surface area (Å²) in [6.45, 7) is 2.03. The van der Waals surface area contributed by atoms with Crippen molar-refractivity contribution in [2.24, 2.45) is 5.92 Å². The number of carbonyl (C=O) groups is 2. The maximum absolute atomic E-state index is 13.3. The number of hydrogen-bond acceptors (Lipinski definition) is 2. The molecule has 0 unspecified atom stereocenters. The van der Waals surface area contributed by atoms with Crippen LogP contribution in [0.1, 0.15) is 24.0 Å². The number of amides is 3. The van der Waals surface area contributed by atoms with E-state index < -0.39 is 0 Å². The molecule has 0 radical (unpaired) electrons. The first-order valence-electron chi connectivity index (χ1n) is 11.0. The summed E-state index contributed by atoms with van der Waals surface area (Å²) in [5.74, 6) is -0.188. The zero-order valence-electron chi connectivity index (χ0n) is 17.2. The first kappa shape index (κ1) is 18.3. The quantitative estimate of drug-likeness (QED) is 0.598. The molecule has 3 aromatic rings. The van der Waals surface area contributed by atoms with E-state index in [2.05, 4.69) is 39.7 Å². The number of aromatic nitrogens is 2. The Balaban J connectivity index is 1.41. The highest BCUT2D eigenvalue weighted by molar-refractivity contribution is 6.01. The van der Waals surface area contributed by atoms with E-state index in [4.69, 9.17) is 0 Å². The Morgan fingerprint density at radius 1 is 1.10 bits per heavy atom. The number of nitrogens with one attached hydrogen (secondary N) is 3. The average Bonchev–Trinajstić information content (AvgIpc) is 3.56. The molecule has 2 atom stereocenters. The molecule has 3 amide bonds. The lowest BCUT2D eigenvalue weighted by molar-refractivity contribution is -0.133. The molecule has 4 heterocycles. The number of hydrogen-bond donors (Lipinski definition) is 3. The van der Waals surface area contributed by atoms with Crippen LogP contribution in [0.4, 0.5) is 10.5 Å². The van der Waals surface area contributed by atoms with Crippen LogP contribution in [0.3, 0.4) is 0 Å². The summed E-state index contributed by atoms with van der Waals surface area (Å²) >= 11 is 0. The molecule has 158 valence electrons. The van der Waals surface area contributed by atoms with Crippen LogP contribution >= 0.6 is 0 Å². The lowest BCUT2D eigenvalue weighted by Crippen LogP contribution is -2.52. The largest absolute Gasteiger partial charge is 0.366 e. The van der Waals surface area contributed by atoms with Gasteiger partial charge >= 0.3 is 6.03 Å². The molecule has 3 aliphatic rings. The van der Waals surface area contributed by atoms with Crippen LogP contribution in [0.25, 0.3) is 16.5 Å². The van der Waals surface area contributed by atoms with Crippen molar-refractivity contribution in [3.8, 4) is 0 Å². The predicted molar refractivity (Wildman–Crippen MR) is 120 cm³/mol. The smallest absolute Gasteiger partial charge is 0.322 e. The van der Waals surface area contributed by atoms with Crippen LogP contribution < -0.4 is 5.32 Å². The van der Waals surface area contributed by atoms with Crippen LogP contribution in [0.2, 0.25) is 0 Å². The fourth-order valence-electron chi connectivity index (χ4n) is 5.39. The number of aromatic amines is 2. The molecule has 0 spiro atoms. The zero-order valence-corrected chi connectivity index (χ0v) is 17.2. The minimum Gasteiger partial charge on any atom is -0.366 e. The molecule has 1 aromatic carbocycles. The van der Waals surface area contributed by atoms with Gasteiger partial charge in [0.05, 0.1) is 17.6 Å². The summed E-state index contributed by atoms with van der Waals surface area (Å²) < 4.78 is 0. The lowest BCUT2D eigenvalue weighted by atomic mass is 9.79. The fourth-order valence-corrected chi connectivity index (χ4v) is 5.39. The van der Waals surface area contributed by atoms with Gasteiger partial charge in [-0.2, -0.15) is 0 Å². The van der Waals surface area contributed by atoms with Crippen molar-refractivity contribution >= 4 is 34.1 Å². The van der Waals surface area contributed by atoms with Crippen LogP contribution in [-0.4, -0.2) is 57.4 Å². The van der Waals surface area contributed by atoms with Crippen LogP contribution in [-0.2, 0) is 11.2 Å². The Morgan fingerprint density at radius 3 is 2.77 bits per heavy atom. The third kappa shape index (κ3) is 2.95. The number of likely N-dealkylation sites (tertiary alicyclic amines) is 1. The van der Waals surface area contributed by atoms with E-state index in [9.17, 15) is 9.59 Å². The molecule has 3 N–H and O–H groups in total. The maximum atomic E-state index is 13.3. The van der Waals surface area contributed by atoms with Gasteiger partial charge in [0.2, 0.25) is 5.91 Å². The van der Waals surface area contributed by atoms with Crippen molar-refractivity contribution in [1.29, 1.82) is 0 Å². The molecule has 31 heavy (non-hydrogen) atoms. The van der Waals surface area contributed by atoms with Gasteiger partial charge in [-0.15, -0.1) is 0 Å². The van der Waals surface area contributed by atoms with E-state index in [1.807, 2.05) is 21.9 Å². The van der Waals surface area contributed by atoms with Crippen LogP contribution in [0, 0.1) is 5.92 Å². The molecule has 2 aromatic heterocycles. The number of benzene rings is 1. The number of rotatable bonds is 2. The Labute approximate surface area is 180 Å². The monoisotopic (exact) mass is 415 g/mol. The highest BCUT2D eigenvalue weighted by Gasteiger charge is 2.40. The van der Waals surface area contributed by atoms with Gasteiger partial charge in [-0.3, -0.25) is 4.79 Å². The topological polar surface area (TPSA) is 84.2 Å². The highest BCUT2D eigenvalue weighted by atomic mass is 16.2. The Bertz CT molecular complexity index is 1190. The normalized spacial score (nSPS) is 22.4. The lowest BCUT2D eigenvalue weighted by Gasteiger charge is -2.42. The van der Waals surface area contributed by atoms with Gasteiger partial charge in [0.15, 0.2) is 0 Å². The van der Waals surface area contributed by atoms with Crippen molar-refractivity contribution in [1.82, 2.24) is 19.8 Å². The number of H-pyrrole nitrogens is 2. The van der Waals surface area contributed by atoms with Gasteiger partial charge in [0.1, 0.15) is 0 Å². The second kappa shape index (κ2) is 7.04. The summed E-state index contributed by atoms with van der Waals surface area (Å²) in [5, 5.41) is 4.21. The molecule has 0 bridgehead atoms. The molecule has 1 saturated heterocycles. The van der Waals surface area contributed by atoms with E-state index in [0.29, 0.717) is 6.54 Å². The maximum Gasteiger partial charge on any atom is 0.322 e. The summed E-state index contributed by atoms with van der Waals surface area (Å²) in [5.41, 5.74) is 5.26. The van der Waals surface area contributed by atoms with Crippen molar-refractivity contribution in [3.63, 3.8) is 0 Å². The van der Waals surface area contributed by atoms with Gasteiger partial charge in [-0.05, 0) is 48.1 Å². The van der Waals surface area contributed by atoms with Gasteiger partial charge in [0, 0.05) is 49.1 Å². The molecule has 1 fully saturated rings. The van der Waals surface area contributed by atoms with Crippen LogP contribution in [0.5, 0.6) is 0 Å². The Morgan fingerprint density at radius 2 is 1.97 bits per heavy atom. The van der Waals surface area contributed by atoms with E-state index >= 15 is 0 Å². The molecule has 0 saturated carbocycles. The minimum atomic E-state index is -0.322. The number of carbonyl (C=O) groups excluding carboxylic acids is 2. The standard InChI is InChI=1S/C24H25N5O2/c30-23(28-8-1-2-9-28)16-10-19-18-4-3-5-20-22(18)15(12-26-20)11-21(19)29(14-16)24(31)27-17-6-7-25-13-17/h3-7,10,12-13,16,21,25-26H,1-2,8-9,11,14H2,(H,27,31)/t16-,21-/m1/s1. The van der Waals surface area contributed by atoms with Crippen molar-refractivity contribution in [2.75, 3.05) is 25.0 Å². The van der Waals surface area contributed by atoms with E-state index in [1.165, 1.54) is 10.9 Å². The third-order valence-electron chi connectivity index (χ3n) is 6.87. The van der Waals surface area contributed by atoms with Gasteiger partial charge in [0.25, 0.3) is 0 Å². The van der Waals surface area contributed by atoms with Crippen molar-refractivity contribution < 1.29 is 9.59 Å². The zero-order chi connectivity index (χ0) is 20.9. The number of anilines is 1. The summed E-state index contributed by atoms with van der Waals surface area (Å²) in [6, 6.07) is 7.81. The van der Waals surface area contributed by atoms with Crippen LogP contribution in [0.15, 0.2) is 48.9 Å². The minimum absolute atomic E-state index is 0.0875. The molecular weight excluding hydrogens is 390 g/mol. The van der Waals surface area contributed by atoms with Crippen molar-refractivity contribution in [2.45, 2.75) is 25.3 Å². The first-order valence-corrected chi connectivity index (χ1v) is 11.0. The average molecular weight is 415 g/mol. The van der Waals surface area contributed by atoms with E-state index in [-0.39, 0.29) is 23.9 Å². The van der Waals surface area contributed by atoms with E-state index in [1.54, 1.807) is 12.4 Å². The van der Waals surface area contributed by atoms with Gasteiger partial charge in [-0.25, -0.2) is 4.79 Å². The van der Waals surface area contributed by atoms with Gasteiger partial charge in [-0.1, -0.05) is 18.2 Å². The predicted octanol–water partition coefficient (Wildman–Crippen LogP) is 3.59. The summed E-state index contributed by atoms with van der Waals surface area (Å²) in [4.78, 5) is 36.8. The van der Waals surface area contributed by atoms with E-state index in [0.717, 1.165) is 54.7 Å².